The molecule has 0 unspecified atom stereocenters. The van der Waals surface area contributed by atoms with Gasteiger partial charge < -0.3 is 9.47 Å². The standard InChI is InChI=1S/C9H7Cl3O3/c10-6-1-7(11)3-8(2-6)15-5-14-4-9(12)13/h1-3H,4-5H2. The molecule has 0 radical (unpaired) electrons. The molecule has 0 saturated carbocycles. The summed E-state index contributed by atoms with van der Waals surface area (Å²) in [6.07, 6.45) is 0. The lowest BCUT2D eigenvalue weighted by Gasteiger charge is -2.06. The maximum atomic E-state index is 10.3. The average molecular weight is 270 g/mol. The van der Waals surface area contributed by atoms with Crippen molar-refractivity contribution >= 4 is 40.0 Å². The summed E-state index contributed by atoms with van der Waals surface area (Å²) in [5.74, 6) is 0.467. The summed E-state index contributed by atoms with van der Waals surface area (Å²) in [4.78, 5) is 10.3. The lowest BCUT2D eigenvalue weighted by atomic mass is 10.3. The average Bonchev–Trinajstić information content (AvgIpc) is 2.10. The SMILES string of the molecule is O=C(Cl)COCOc1cc(Cl)cc(Cl)c1. The van der Waals surface area contributed by atoms with Gasteiger partial charge >= 0.3 is 0 Å². The molecule has 15 heavy (non-hydrogen) atoms. The summed E-state index contributed by atoms with van der Waals surface area (Å²) in [5.41, 5.74) is 0. The van der Waals surface area contributed by atoms with E-state index in [1.807, 2.05) is 0 Å². The van der Waals surface area contributed by atoms with Gasteiger partial charge in [-0.15, -0.1) is 0 Å². The topological polar surface area (TPSA) is 35.5 Å². The second kappa shape index (κ2) is 6.18. The van der Waals surface area contributed by atoms with Crippen molar-refractivity contribution in [3.05, 3.63) is 28.2 Å². The predicted molar refractivity (Wildman–Crippen MR) is 58.8 cm³/mol. The van der Waals surface area contributed by atoms with Gasteiger partial charge in [0.15, 0.2) is 6.79 Å². The second-order valence-corrected chi connectivity index (χ2v) is 3.87. The van der Waals surface area contributed by atoms with Gasteiger partial charge in [-0.2, -0.15) is 0 Å². The summed E-state index contributed by atoms with van der Waals surface area (Å²) >= 11 is 16.5. The summed E-state index contributed by atoms with van der Waals surface area (Å²) in [7, 11) is 0. The minimum Gasteiger partial charge on any atom is -0.467 e. The monoisotopic (exact) mass is 268 g/mol. The molecular weight excluding hydrogens is 262 g/mol. The zero-order chi connectivity index (χ0) is 11.3. The Labute approximate surface area is 102 Å². The van der Waals surface area contributed by atoms with E-state index in [9.17, 15) is 4.79 Å². The first kappa shape index (κ1) is 12.6. The molecule has 1 rings (SSSR count). The van der Waals surface area contributed by atoms with Gasteiger partial charge in [0.2, 0.25) is 5.24 Å². The molecule has 0 fully saturated rings. The largest absolute Gasteiger partial charge is 0.467 e. The van der Waals surface area contributed by atoms with Gasteiger partial charge in [-0.05, 0) is 29.8 Å². The van der Waals surface area contributed by atoms with Gasteiger partial charge in [0.1, 0.15) is 12.4 Å². The van der Waals surface area contributed by atoms with Crippen LogP contribution in [0.1, 0.15) is 0 Å². The number of hydrogen-bond donors (Lipinski definition) is 0. The van der Waals surface area contributed by atoms with E-state index in [4.69, 9.17) is 44.3 Å². The molecule has 0 aromatic heterocycles. The summed E-state index contributed by atoms with van der Waals surface area (Å²) in [6, 6.07) is 4.75. The van der Waals surface area contributed by atoms with Gasteiger partial charge in [-0.25, -0.2) is 0 Å². The van der Waals surface area contributed by atoms with E-state index in [2.05, 4.69) is 0 Å². The smallest absolute Gasteiger partial charge is 0.247 e. The number of carbonyl (C=O) groups is 1. The first-order valence-corrected chi connectivity index (χ1v) is 5.06. The number of halogens is 3. The predicted octanol–water partition coefficient (Wildman–Crippen LogP) is 3.11. The molecule has 1 aromatic rings. The van der Waals surface area contributed by atoms with Crippen LogP contribution in [0.3, 0.4) is 0 Å². The van der Waals surface area contributed by atoms with Crippen molar-refractivity contribution in [2.75, 3.05) is 13.4 Å². The Kier molecular flexibility index (Phi) is 5.19. The van der Waals surface area contributed by atoms with E-state index >= 15 is 0 Å². The number of benzene rings is 1. The Morgan fingerprint density at radius 2 is 1.80 bits per heavy atom. The second-order valence-electron chi connectivity index (χ2n) is 2.57. The third-order valence-corrected chi connectivity index (χ3v) is 1.91. The molecule has 0 aliphatic carbocycles. The number of ether oxygens (including phenoxy) is 2. The van der Waals surface area contributed by atoms with Crippen LogP contribution in [0.25, 0.3) is 0 Å². The zero-order valence-corrected chi connectivity index (χ0v) is 9.77. The lowest BCUT2D eigenvalue weighted by molar-refractivity contribution is -0.118. The summed E-state index contributed by atoms with van der Waals surface area (Å²) in [5, 5.41) is 0.347. The van der Waals surface area contributed by atoms with E-state index in [1.54, 1.807) is 18.2 Å². The number of hydrogen-bond acceptors (Lipinski definition) is 3. The highest BCUT2D eigenvalue weighted by molar-refractivity contribution is 6.63. The van der Waals surface area contributed by atoms with E-state index in [0.29, 0.717) is 15.8 Å². The zero-order valence-electron chi connectivity index (χ0n) is 7.50. The van der Waals surface area contributed by atoms with Crippen LogP contribution in [0.2, 0.25) is 10.0 Å². The number of rotatable bonds is 5. The van der Waals surface area contributed by atoms with Crippen LogP contribution in [0.5, 0.6) is 5.75 Å². The highest BCUT2D eigenvalue weighted by atomic mass is 35.5. The lowest BCUT2D eigenvalue weighted by Crippen LogP contribution is -2.07. The first-order chi connectivity index (χ1) is 7.08. The van der Waals surface area contributed by atoms with Crippen LogP contribution < -0.4 is 4.74 Å². The van der Waals surface area contributed by atoms with E-state index in [1.165, 1.54) is 0 Å². The molecule has 0 aliphatic heterocycles. The Morgan fingerprint density at radius 1 is 1.20 bits per heavy atom. The molecule has 0 amide bonds. The van der Waals surface area contributed by atoms with Crippen molar-refractivity contribution < 1.29 is 14.3 Å². The van der Waals surface area contributed by atoms with E-state index < -0.39 is 5.24 Å². The first-order valence-electron chi connectivity index (χ1n) is 3.93. The van der Waals surface area contributed by atoms with E-state index in [0.717, 1.165) is 0 Å². The van der Waals surface area contributed by atoms with Gasteiger partial charge in [0.25, 0.3) is 0 Å². The van der Waals surface area contributed by atoms with Gasteiger partial charge in [0, 0.05) is 10.0 Å². The summed E-state index contributed by atoms with van der Waals surface area (Å²) < 4.78 is 9.90. The van der Waals surface area contributed by atoms with Crippen molar-refractivity contribution in [3.8, 4) is 5.75 Å². The fourth-order valence-electron chi connectivity index (χ4n) is 0.843. The molecule has 0 atom stereocenters. The van der Waals surface area contributed by atoms with Gasteiger partial charge in [0.05, 0.1) is 0 Å². The number of carbonyl (C=O) groups excluding carboxylic acids is 1. The maximum absolute atomic E-state index is 10.3. The fourth-order valence-corrected chi connectivity index (χ4v) is 1.43. The molecule has 1 aromatic carbocycles. The van der Waals surface area contributed by atoms with Gasteiger partial charge in [-0.1, -0.05) is 23.2 Å². The maximum Gasteiger partial charge on any atom is 0.247 e. The van der Waals surface area contributed by atoms with Crippen molar-refractivity contribution in [2.24, 2.45) is 0 Å². The van der Waals surface area contributed by atoms with Crippen LogP contribution in [-0.2, 0) is 9.53 Å². The van der Waals surface area contributed by atoms with Crippen molar-refractivity contribution in [1.29, 1.82) is 0 Å². The van der Waals surface area contributed by atoms with Gasteiger partial charge in [-0.3, -0.25) is 4.79 Å². The van der Waals surface area contributed by atoms with Crippen LogP contribution >= 0.6 is 34.8 Å². The summed E-state index contributed by atoms with van der Waals surface area (Å²) in [6.45, 7) is -0.287. The quantitative estimate of drug-likeness (QED) is 0.468. The van der Waals surface area contributed by atoms with Crippen molar-refractivity contribution in [2.45, 2.75) is 0 Å². The Morgan fingerprint density at radius 3 is 2.33 bits per heavy atom. The molecule has 3 nitrogen and oxygen atoms in total. The van der Waals surface area contributed by atoms with Crippen molar-refractivity contribution in [3.63, 3.8) is 0 Å². The van der Waals surface area contributed by atoms with E-state index in [-0.39, 0.29) is 13.4 Å². The molecule has 0 saturated heterocycles. The minimum atomic E-state index is -0.581. The highest BCUT2D eigenvalue weighted by Crippen LogP contribution is 2.23. The highest BCUT2D eigenvalue weighted by Gasteiger charge is 2.00. The van der Waals surface area contributed by atoms with Crippen LogP contribution in [0.4, 0.5) is 0 Å². The minimum absolute atomic E-state index is 0.0882. The normalized spacial score (nSPS) is 10.1. The fraction of sp³-hybridized carbons (Fsp3) is 0.222. The van der Waals surface area contributed by atoms with Crippen molar-refractivity contribution in [1.82, 2.24) is 0 Å². The molecule has 0 heterocycles. The molecule has 0 aliphatic rings. The molecule has 0 bridgehead atoms. The Bertz CT molecular complexity index is 334. The molecule has 82 valence electrons. The van der Waals surface area contributed by atoms with Crippen LogP contribution in [-0.4, -0.2) is 18.6 Å². The molecule has 0 N–H and O–H groups in total. The van der Waals surface area contributed by atoms with Crippen LogP contribution in [0, 0.1) is 0 Å². The molecule has 0 spiro atoms. The molecular formula is C9H7Cl3O3. The molecule has 6 heteroatoms. The van der Waals surface area contributed by atoms with Crippen LogP contribution in [0.15, 0.2) is 18.2 Å². The Hall–Kier alpha value is -0.480. The third-order valence-electron chi connectivity index (χ3n) is 1.36. The third kappa shape index (κ3) is 5.23. The Balaban J connectivity index is 2.40.